The number of rotatable bonds is 6. The van der Waals surface area contributed by atoms with Crippen LogP contribution in [0.25, 0.3) is 0 Å². The van der Waals surface area contributed by atoms with Crippen molar-refractivity contribution in [2.75, 3.05) is 31.1 Å². The SMILES string of the molecule is CC(CC#N)(C(N)=NC1C2CC3CC1CC(c1nn[nH]n1)(C3)C2)N1CCN(c2ccc(C(F)(F)F)cn2)CC1. The van der Waals surface area contributed by atoms with Gasteiger partial charge in [-0.3, -0.25) is 9.89 Å². The first-order chi connectivity index (χ1) is 18.6. The first-order valence-electron chi connectivity index (χ1n) is 13.6. The van der Waals surface area contributed by atoms with E-state index in [1.54, 1.807) is 0 Å². The summed E-state index contributed by atoms with van der Waals surface area (Å²) >= 11 is 0. The fourth-order valence-electron chi connectivity index (χ4n) is 7.86. The maximum Gasteiger partial charge on any atom is 0.417 e. The van der Waals surface area contributed by atoms with E-state index >= 15 is 0 Å². The molecule has 3 heterocycles. The molecule has 3 atom stereocenters. The van der Waals surface area contributed by atoms with Gasteiger partial charge in [-0.05, 0) is 68.9 Å². The molecule has 0 radical (unpaired) electrons. The smallest absolute Gasteiger partial charge is 0.386 e. The number of hydrogen-bond donors (Lipinski definition) is 2. The maximum absolute atomic E-state index is 12.9. The number of halogens is 3. The highest BCUT2D eigenvalue weighted by Crippen LogP contribution is 2.60. The maximum atomic E-state index is 12.9. The summed E-state index contributed by atoms with van der Waals surface area (Å²) in [7, 11) is 0. The first kappa shape index (κ1) is 26.0. The quantitative estimate of drug-likeness (QED) is 0.420. The second-order valence-electron chi connectivity index (χ2n) is 12.0. The molecule has 0 amide bonds. The number of nitrogens with two attached hydrogens (primary N) is 1. The number of pyridine rings is 1. The van der Waals surface area contributed by atoms with E-state index in [2.05, 4.69) is 36.6 Å². The summed E-state index contributed by atoms with van der Waals surface area (Å²) in [5.41, 5.74) is 5.25. The molecule has 4 bridgehead atoms. The second kappa shape index (κ2) is 9.43. The summed E-state index contributed by atoms with van der Waals surface area (Å²) in [5, 5.41) is 24.9. The Kier molecular flexibility index (Phi) is 6.28. The molecule has 5 aliphatic rings. The molecule has 4 saturated carbocycles. The standard InChI is InChI=1S/C26H33F3N10/c1-24(4-5-30,39-8-6-38(7-9-39)20-3-2-19(15-32-20)26(27,28)29)22(31)33-21-17-10-16-11-18(21)14-25(12-16,13-17)23-34-36-37-35-23/h2-3,15-18,21H,4,6-14H2,1H3,(H2,31,33)(H,34,35,36,37). The van der Waals surface area contributed by atoms with E-state index in [-0.39, 0.29) is 17.9 Å². The van der Waals surface area contributed by atoms with Gasteiger partial charge < -0.3 is 10.6 Å². The lowest BCUT2D eigenvalue weighted by Gasteiger charge is -2.58. The molecule has 3 unspecified atom stereocenters. The molecule has 208 valence electrons. The minimum Gasteiger partial charge on any atom is -0.386 e. The Morgan fingerprint density at radius 3 is 2.46 bits per heavy atom. The molecule has 7 rings (SSSR count). The zero-order chi connectivity index (χ0) is 27.4. The van der Waals surface area contributed by atoms with Crippen LogP contribution in [0.3, 0.4) is 0 Å². The number of tetrazole rings is 1. The summed E-state index contributed by atoms with van der Waals surface area (Å²) in [6, 6.07) is 4.91. The average Bonchev–Trinajstić information content (AvgIpc) is 3.46. The molecule has 1 aliphatic heterocycles. The Hall–Kier alpha value is -3.27. The van der Waals surface area contributed by atoms with Crippen molar-refractivity contribution in [3.63, 3.8) is 0 Å². The van der Waals surface area contributed by atoms with Crippen molar-refractivity contribution in [3.05, 3.63) is 29.7 Å². The average molecular weight is 543 g/mol. The van der Waals surface area contributed by atoms with Crippen LogP contribution in [0.2, 0.25) is 0 Å². The van der Waals surface area contributed by atoms with Gasteiger partial charge >= 0.3 is 6.18 Å². The molecule has 1 saturated heterocycles. The molecule has 13 heteroatoms. The summed E-state index contributed by atoms with van der Waals surface area (Å²) in [5.74, 6) is 3.29. The topological polar surface area (TPSA) is 136 Å². The number of H-pyrrole nitrogens is 1. The normalized spacial score (nSPS) is 32.7. The Morgan fingerprint density at radius 1 is 1.18 bits per heavy atom. The lowest BCUT2D eigenvalue weighted by atomic mass is 9.47. The van der Waals surface area contributed by atoms with Gasteiger partial charge in [-0.2, -0.15) is 23.6 Å². The van der Waals surface area contributed by atoms with Crippen molar-refractivity contribution in [3.8, 4) is 6.07 Å². The van der Waals surface area contributed by atoms with Gasteiger partial charge in [0.2, 0.25) is 0 Å². The highest BCUT2D eigenvalue weighted by atomic mass is 19.4. The first-order valence-corrected chi connectivity index (χ1v) is 13.6. The van der Waals surface area contributed by atoms with E-state index < -0.39 is 17.3 Å². The van der Waals surface area contributed by atoms with Crippen molar-refractivity contribution in [1.82, 2.24) is 30.5 Å². The summed E-state index contributed by atoms with van der Waals surface area (Å²) in [4.78, 5) is 13.4. The number of aromatic amines is 1. The number of aliphatic imine (C=N–C) groups is 1. The van der Waals surface area contributed by atoms with Crippen LogP contribution in [0.5, 0.6) is 0 Å². The van der Waals surface area contributed by atoms with Crippen molar-refractivity contribution in [2.45, 2.75) is 68.6 Å². The monoisotopic (exact) mass is 542 g/mol. The predicted molar refractivity (Wildman–Crippen MR) is 136 cm³/mol. The lowest BCUT2D eigenvalue weighted by Crippen LogP contribution is -2.62. The Balaban J connectivity index is 1.17. The molecular weight excluding hydrogens is 509 g/mol. The zero-order valence-electron chi connectivity index (χ0n) is 21.9. The molecule has 5 fully saturated rings. The Labute approximate surface area is 224 Å². The number of alkyl halides is 3. The van der Waals surface area contributed by atoms with E-state index in [0.717, 1.165) is 50.2 Å². The molecule has 2 aromatic heterocycles. The number of anilines is 1. The minimum atomic E-state index is -4.41. The Morgan fingerprint density at radius 2 is 1.90 bits per heavy atom. The van der Waals surface area contributed by atoms with Gasteiger partial charge in [0.15, 0.2) is 5.82 Å². The fraction of sp³-hybridized carbons (Fsp3) is 0.692. The molecule has 2 aromatic rings. The summed E-state index contributed by atoms with van der Waals surface area (Å²) in [6.45, 7) is 4.31. The van der Waals surface area contributed by atoms with Crippen LogP contribution >= 0.6 is 0 Å². The third-order valence-electron chi connectivity index (χ3n) is 9.68. The van der Waals surface area contributed by atoms with Crippen molar-refractivity contribution in [1.29, 1.82) is 5.26 Å². The highest BCUT2D eigenvalue weighted by Gasteiger charge is 2.58. The minimum absolute atomic E-state index is 0.0249. The van der Waals surface area contributed by atoms with Gasteiger partial charge in [0, 0.05) is 37.8 Å². The van der Waals surface area contributed by atoms with Gasteiger partial charge in [-0.15, -0.1) is 10.2 Å². The number of piperazine rings is 1. The predicted octanol–water partition coefficient (Wildman–Crippen LogP) is 2.91. The van der Waals surface area contributed by atoms with Gasteiger partial charge in [0.1, 0.15) is 11.7 Å². The van der Waals surface area contributed by atoms with Crippen molar-refractivity contribution < 1.29 is 13.2 Å². The van der Waals surface area contributed by atoms with E-state index in [1.165, 1.54) is 6.07 Å². The molecule has 0 aromatic carbocycles. The van der Waals surface area contributed by atoms with E-state index in [4.69, 9.17) is 10.7 Å². The van der Waals surface area contributed by atoms with Crippen molar-refractivity contribution >= 4 is 11.7 Å². The van der Waals surface area contributed by atoms with Crippen LogP contribution in [0.4, 0.5) is 19.0 Å². The molecule has 10 nitrogen and oxygen atoms in total. The van der Waals surface area contributed by atoms with Crippen LogP contribution in [0.15, 0.2) is 23.3 Å². The van der Waals surface area contributed by atoms with Crippen LogP contribution in [0.1, 0.15) is 56.8 Å². The molecular formula is C26H33F3N10. The fourth-order valence-corrected chi connectivity index (χ4v) is 7.86. The molecule has 4 aliphatic carbocycles. The van der Waals surface area contributed by atoms with Gasteiger partial charge in [0.25, 0.3) is 0 Å². The number of hydrogen-bond acceptors (Lipinski definition) is 8. The summed E-state index contributed by atoms with van der Waals surface area (Å²) < 4.78 is 38.8. The van der Waals surface area contributed by atoms with E-state index in [1.807, 2.05) is 11.8 Å². The third kappa shape index (κ3) is 4.52. The highest BCUT2D eigenvalue weighted by molar-refractivity contribution is 5.90. The molecule has 39 heavy (non-hydrogen) atoms. The van der Waals surface area contributed by atoms with Crippen LogP contribution < -0.4 is 10.6 Å². The van der Waals surface area contributed by atoms with E-state index in [9.17, 15) is 18.4 Å². The van der Waals surface area contributed by atoms with Crippen molar-refractivity contribution in [2.24, 2.45) is 28.5 Å². The number of nitriles is 1. The van der Waals surface area contributed by atoms with Gasteiger partial charge in [-0.1, -0.05) is 5.21 Å². The largest absolute Gasteiger partial charge is 0.417 e. The van der Waals surface area contributed by atoms with E-state index in [0.29, 0.717) is 55.6 Å². The van der Waals surface area contributed by atoms with Gasteiger partial charge in [-0.25, -0.2) is 4.98 Å². The number of amidine groups is 1. The Bertz CT molecular complexity index is 1230. The molecule has 0 spiro atoms. The summed E-state index contributed by atoms with van der Waals surface area (Å²) in [6.07, 6.45) is 2.00. The zero-order valence-corrected chi connectivity index (χ0v) is 21.9. The van der Waals surface area contributed by atoms with Crippen LogP contribution in [0, 0.1) is 29.1 Å². The van der Waals surface area contributed by atoms with Gasteiger partial charge in [0.05, 0.1) is 29.6 Å². The van der Waals surface area contributed by atoms with Crippen LogP contribution in [-0.4, -0.2) is 74.1 Å². The molecule has 3 N–H and O–H groups in total. The number of nitrogens with zero attached hydrogens (tertiary/aromatic N) is 8. The van der Waals surface area contributed by atoms with Crippen LogP contribution in [-0.2, 0) is 11.6 Å². The second-order valence-corrected chi connectivity index (χ2v) is 12.0. The number of aromatic nitrogens is 5. The number of nitrogens with one attached hydrogen (secondary N) is 1. The lowest BCUT2D eigenvalue weighted by molar-refractivity contribution is -0.137. The third-order valence-corrected chi connectivity index (χ3v) is 9.68.